The molecule has 0 bridgehead atoms. The molecule has 2 heterocycles. The van der Waals surface area contributed by atoms with Gasteiger partial charge in [-0.1, -0.05) is 12.1 Å². The van der Waals surface area contributed by atoms with Crippen LogP contribution in [0.2, 0.25) is 0 Å². The largest absolute Gasteiger partial charge is 0.298 e. The number of carbonyl (C=O) groups excluding carboxylic acids is 2. The highest BCUT2D eigenvalue weighted by Gasteiger charge is 2.23. The molecule has 0 aliphatic carbocycles. The summed E-state index contributed by atoms with van der Waals surface area (Å²) in [5.74, 6) is -0.00843. The molecule has 0 saturated carbocycles. The molecule has 1 atom stereocenters. The van der Waals surface area contributed by atoms with Gasteiger partial charge in [0.1, 0.15) is 0 Å². The van der Waals surface area contributed by atoms with Crippen molar-refractivity contribution >= 4 is 34.7 Å². The lowest BCUT2D eigenvalue weighted by molar-refractivity contribution is -0.117. The van der Waals surface area contributed by atoms with Crippen LogP contribution in [0, 0.1) is 0 Å². The number of hydrogen-bond donors (Lipinski definition) is 0. The van der Waals surface area contributed by atoms with E-state index in [4.69, 9.17) is 0 Å². The molecule has 0 aromatic carbocycles. The molecule has 0 amide bonds. The van der Waals surface area contributed by atoms with Gasteiger partial charge in [0.2, 0.25) is 0 Å². The molecule has 2 rings (SSSR count). The molecule has 1 unspecified atom stereocenters. The highest BCUT2D eigenvalue weighted by atomic mass is 32.2. The first kappa shape index (κ1) is 10.6. The molecule has 0 N–H and O–H groups in total. The van der Waals surface area contributed by atoms with Crippen molar-refractivity contribution in [2.45, 2.75) is 18.1 Å². The lowest BCUT2D eigenvalue weighted by Crippen LogP contribution is -2.17. The molecule has 15 heavy (non-hydrogen) atoms. The van der Waals surface area contributed by atoms with Crippen molar-refractivity contribution in [3.05, 3.63) is 33.9 Å². The second-order valence-corrected chi connectivity index (χ2v) is 5.34. The number of carbonyl (C=O) groups is 2. The van der Waals surface area contributed by atoms with E-state index in [-0.39, 0.29) is 23.2 Å². The minimum atomic E-state index is -0.0532. The topological polar surface area (TPSA) is 34.1 Å². The van der Waals surface area contributed by atoms with Crippen LogP contribution in [-0.4, -0.2) is 16.8 Å². The van der Waals surface area contributed by atoms with Crippen LogP contribution in [0.4, 0.5) is 0 Å². The molecule has 78 valence electrons. The van der Waals surface area contributed by atoms with Crippen LogP contribution in [-0.2, 0) is 4.79 Å². The Hall–Kier alpha value is -0.870. The van der Waals surface area contributed by atoms with Crippen molar-refractivity contribution in [3.63, 3.8) is 0 Å². The summed E-state index contributed by atoms with van der Waals surface area (Å²) < 4.78 is 0. The number of thiophene rings is 1. The van der Waals surface area contributed by atoms with Crippen LogP contribution in [0.25, 0.3) is 0 Å². The van der Waals surface area contributed by atoms with Gasteiger partial charge >= 0.3 is 0 Å². The molecular formula is C11H10O2S2. The van der Waals surface area contributed by atoms with E-state index in [0.29, 0.717) is 4.88 Å². The molecule has 1 aliphatic rings. The summed E-state index contributed by atoms with van der Waals surface area (Å²) in [5.41, 5.74) is 0. The van der Waals surface area contributed by atoms with Gasteiger partial charge in [0.15, 0.2) is 11.6 Å². The number of rotatable bonds is 4. The molecule has 2 nitrogen and oxygen atoms in total. The Bertz CT molecular complexity index is 385. The predicted molar refractivity (Wildman–Crippen MR) is 63.4 cm³/mol. The molecule has 0 radical (unpaired) electrons. The van der Waals surface area contributed by atoms with E-state index in [0.717, 1.165) is 6.42 Å². The smallest absolute Gasteiger partial charge is 0.180 e. The average molecular weight is 238 g/mol. The molecule has 4 heteroatoms. The highest BCUT2D eigenvalue weighted by Crippen LogP contribution is 2.26. The summed E-state index contributed by atoms with van der Waals surface area (Å²) >= 11 is 2.90. The first-order chi connectivity index (χ1) is 7.27. The molecule has 1 aliphatic heterocycles. The fourth-order valence-electron chi connectivity index (χ4n) is 1.39. The van der Waals surface area contributed by atoms with Crippen molar-refractivity contribution in [2.24, 2.45) is 0 Å². The number of hydrogen-bond acceptors (Lipinski definition) is 4. The van der Waals surface area contributed by atoms with Crippen LogP contribution in [0.1, 0.15) is 22.5 Å². The van der Waals surface area contributed by atoms with Crippen LogP contribution in [0.15, 0.2) is 29.0 Å². The van der Waals surface area contributed by atoms with Gasteiger partial charge in [-0.3, -0.25) is 9.59 Å². The van der Waals surface area contributed by atoms with Crippen molar-refractivity contribution in [3.8, 4) is 0 Å². The average Bonchev–Trinajstić information content (AvgIpc) is 2.91. The molecule has 0 spiro atoms. The molecular weight excluding hydrogens is 228 g/mol. The van der Waals surface area contributed by atoms with E-state index in [2.05, 4.69) is 0 Å². The number of allylic oxidation sites excluding steroid dienone is 1. The fraction of sp³-hybridized carbons (Fsp3) is 0.273. The van der Waals surface area contributed by atoms with E-state index in [1.54, 1.807) is 6.07 Å². The van der Waals surface area contributed by atoms with E-state index in [1.807, 2.05) is 22.9 Å². The second-order valence-electron chi connectivity index (χ2n) is 3.28. The van der Waals surface area contributed by atoms with E-state index in [1.165, 1.54) is 23.1 Å². The second kappa shape index (κ2) is 4.77. The lowest BCUT2D eigenvalue weighted by Gasteiger charge is -2.05. The van der Waals surface area contributed by atoms with Crippen molar-refractivity contribution in [1.82, 2.24) is 0 Å². The van der Waals surface area contributed by atoms with Crippen molar-refractivity contribution < 1.29 is 9.59 Å². The first-order valence-corrected chi connectivity index (χ1v) is 6.49. The third-order valence-corrected chi connectivity index (χ3v) is 4.22. The van der Waals surface area contributed by atoms with Gasteiger partial charge in [0, 0.05) is 0 Å². The third kappa shape index (κ3) is 2.58. The van der Waals surface area contributed by atoms with Crippen LogP contribution >= 0.6 is 23.1 Å². The quantitative estimate of drug-likeness (QED) is 0.597. The molecule has 1 aromatic heterocycles. The SMILES string of the molecule is O=C(CC(=O)C1CC=CS1)c1cccs1. The summed E-state index contributed by atoms with van der Waals surface area (Å²) in [6, 6.07) is 3.59. The Labute approximate surface area is 96.4 Å². The van der Waals surface area contributed by atoms with Crippen molar-refractivity contribution in [1.29, 1.82) is 0 Å². The first-order valence-electron chi connectivity index (χ1n) is 4.67. The van der Waals surface area contributed by atoms with Gasteiger partial charge in [0.05, 0.1) is 16.5 Å². The Kier molecular flexibility index (Phi) is 3.38. The molecule has 1 aromatic rings. The van der Waals surface area contributed by atoms with Crippen LogP contribution in [0.5, 0.6) is 0 Å². The maximum absolute atomic E-state index is 11.7. The van der Waals surface area contributed by atoms with Gasteiger partial charge in [-0.05, 0) is 23.3 Å². The zero-order chi connectivity index (χ0) is 10.7. The summed E-state index contributed by atoms with van der Waals surface area (Å²) in [5, 5.41) is 3.75. The lowest BCUT2D eigenvalue weighted by atomic mass is 10.1. The van der Waals surface area contributed by atoms with Gasteiger partial charge < -0.3 is 0 Å². The fourth-order valence-corrected chi connectivity index (χ4v) is 2.92. The molecule has 0 fully saturated rings. The van der Waals surface area contributed by atoms with E-state index < -0.39 is 0 Å². The maximum atomic E-state index is 11.7. The molecule has 0 saturated heterocycles. The predicted octanol–water partition coefficient (Wildman–Crippen LogP) is 2.91. The zero-order valence-electron chi connectivity index (χ0n) is 8.01. The van der Waals surface area contributed by atoms with E-state index in [9.17, 15) is 9.59 Å². The van der Waals surface area contributed by atoms with E-state index >= 15 is 0 Å². The monoisotopic (exact) mass is 238 g/mol. The summed E-state index contributed by atoms with van der Waals surface area (Å²) in [6.45, 7) is 0. The van der Waals surface area contributed by atoms with Gasteiger partial charge in [-0.15, -0.1) is 23.1 Å². The summed E-state index contributed by atoms with van der Waals surface area (Å²) in [6.07, 6.45) is 2.78. The number of thioether (sulfide) groups is 1. The minimum absolute atomic E-state index is 0.0334. The highest BCUT2D eigenvalue weighted by molar-refractivity contribution is 8.03. The standard InChI is InChI=1S/C11H10O2S2/c12-8(10-3-1-5-14-10)7-9(13)11-4-2-6-15-11/h1-3,5-6,11H,4,7H2. The van der Waals surface area contributed by atoms with Gasteiger partial charge in [-0.2, -0.15) is 0 Å². The Morgan fingerprint density at radius 1 is 1.47 bits per heavy atom. The Morgan fingerprint density at radius 3 is 2.93 bits per heavy atom. The van der Waals surface area contributed by atoms with Crippen molar-refractivity contribution in [2.75, 3.05) is 0 Å². The Balaban J connectivity index is 1.92. The maximum Gasteiger partial charge on any atom is 0.180 e. The van der Waals surface area contributed by atoms with Crippen LogP contribution in [0.3, 0.4) is 0 Å². The number of ketones is 2. The van der Waals surface area contributed by atoms with Gasteiger partial charge in [-0.25, -0.2) is 0 Å². The third-order valence-electron chi connectivity index (χ3n) is 2.18. The summed E-state index contributed by atoms with van der Waals surface area (Å²) in [4.78, 5) is 24.0. The van der Waals surface area contributed by atoms with Gasteiger partial charge in [0.25, 0.3) is 0 Å². The zero-order valence-corrected chi connectivity index (χ0v) is 9.64. The minimum Gasteiger partial charge on any atom is -0.298 e. The summed E-state index contributed by atoms with van der Waals surface area (Å²) in [7, 11) is 0. The number of Topliss-reactive ketones (excluding diaryl/α,β-unsaturated/α-hetero) is 2. The van der Waals surface area contributed by atoms with Crippen LogP contribution < -0.4 is 0 Å². The normalized spacial score (nSPS) is 19.3. The Morgan fingerprint density at radius 2 is 2.33 bits per heavy atom.